The van der Waals surface area contributed by atoms with Crippen LogP contribution >= 0.6 is 0 Å². The van der Waals surface area contributed by atoms with Crippen molar-refractivity contribution in [3.63, 3.8) is 0 Å². The molecule has 0 bridgehead atoms. The van der Waals surface area contributed by atoms with Crippen LogP contribution in [0.1, 0.15) is 77.2 Å². The molecule has 1 aromatic rings. The van der Waals surface area contributed by atoms with Crippen molar-refractivity contribution >= 4 is 11.8 Å². The van der Waals surface area contributed by atoms with Gasteiger partial charge in [-0.05, 0) is 81.8 Å². The topological polar surface area (TPSA) is 52.7 Å². The maximum Gasteiger partial charge on any atom is 0.227 e. The molecular formula is C30H43F2N3O2. The molecule has 37 heavy (non-hydrogen) atoms. The largest absolute Gasteiger partial charge is 0.359 e. The quantitative estimate of drug-likeness (QED) is 0.619. The Morgan fingerprint density at radius 3 is 2.38 bits per heavy atom. The number of nitrogens with zero attached hydrogens (tertiary/aromatic N) is 2. The van der Waals surface area contributed by atoms with Crippen molar-refractivity contribution in [1.82, 2.24) is 15.1 Å². The summed E-state index contributed by atoms with van der Waals surface area (Å²) in [5, 5.41) is 2.91. The highest BCUT2D eigenvalue weighted by atomic mass is 19.1. The molecular weight excluding hydrogens is 472 g/mol. The monoisotopic (exact) mass is 515 g/mol. The summed E-state index contributed by atoms with van der Waals surface area (Å²) in [6.45, 7) is 8.91. The number of piperidine rings is 1. The van der Waals surface area contributed by atoms with Gasteiger partial charge in [0, 0.05) is 56.7 Å². The number of carbonyl (C=O) groups excluding carboxylic acids is 2. The SMILES string of the molecule is CNC(=O)[C@H]1CC2(CCN(C(=O)[C@@H]3CN(C(C)(C)C)C[C@H]3c3ccc(F)cc3F)CC2)C2CCCCC21. The first kappa shape index (κ1) is 26.6. The number of fused-ring (bicyclic) bond motifs is 2. The Bertz CT molecular complexity index is 1030. The average Bonchev–Trinajstić information content (AvgIpc) is 3.45. The van der Waals surface area contributed by atoms with Crippen LogP contribution in [0.2, 0.25) is 0 Å². The Morgan fingerprint density at radius 2 is 1.73 bits per heavy atom. The number of rotatable bonds is 3. The standard InChI is InChI=1S/C30H43F2N3O2/c1-29(2,3)35-17-23(21-10-9-19(31)15-26(21)32)24(18-35)28(37)34-13-11-30(12-14-34)16-22(27(36)33-4)20-7-5-6-8-25(20)30/h9-10,15,20,22-25H,5-8,11-14,16-18H2,1-4H3,(H,33,36)/t20?,22-,23-,24+,25?/m0/s1. The van der Waals surface area contributed by atoms with Crippen molar-refractivity contribution in [2.45, 2.75) is 77.2 Å². The Morgan fingerprint density at radius 1 is 1.03 bits per heavy atom. The minimum Gasteiger partial charge on any atom is -0.359 e. The number of hydrogen-bond donors (Lipinski definition) is 1. The fourth-order valence-electron chi connectivity index (χ4n) is 8.32. The highest BCUT2D eigenvalue weighted by Gasteiger charge is 2.56. The Balaban J connectivity index is 1.34. The van der Waals surface area contributed by atoms with Gasteiger partial charge in [0.2, 0.25) is 11.8 Å². The molecule has 5 atom stereocenters. The average molecular weight is 516 g/mol. The highest BCUT2D eigenvalue weighted by molar-refractivity contribution is 5.81. The molecule has 0 aromatic heterocycles. The summed E-state index contributed by atoms with van der Waals surface area (Å²) in [6, 6.07) is 3.76. The van der Waals surface area contributed by atoms with E-state index in [4.69, 9.17) is 0 Å². The van der Waals surface area contributed by atoms with Crippen LogP contribution < -0.4 is 5.32 Å². The van der Waals surface area contributed by atoms with Crippen molar-refractivity contribution in [3.05, 3.63) is 35.4 Å². The molecule has 4 fully saturated rings. The van der Waals surface area contributed by atoms with Gasteiger partial charge < -0.3 is 10.2 Å². The Labute approximate surface area is 220 Å². The highest BCUT2D eigenvalue weighted by Crippen LogP contribution is 2.60. The number of halogens is 2. The third-order valence-electron chi connectivity index (χ3n) is 10.4. The van der Waals surface area contributed by atoms with E-state index in [2.05, 4.69) is 31.0 Å². The zero-order valence-corrected chi connectivity index (χ0v) is 22.9. The molecule has 5 nitrogen and oxygen atoms in total. The lowest BCUT2D eigenvalue weighted by molar-refractivity contribution is -0.138. The first-order chi connectivity index (χ1) is 17.5. The summed E-state index contributed by atoms with van der Waals surface area (Å²) >= 11 is 0. The summed E-state index contributed by atoms with van der Waals surface area (Å²) in [7, 11) is 1.75. The number of amides is 2. The van der Waals surface area contributed by atoms with Gasteiger partial charge in [0.1, 0.15) is 11.6 Å². The van der Waals surface area contributed by atoms with Gasteiger partial charge in [0.15, 0.2) is 0 Å². The number of likely N-dealkylation sites (tertiary alicyclic amines) is 2. The van der Waals surface area contributed by atoms with Crippen LogP contribution in [0.5, 0.6) is 0 Å². The van der Waals surface area contributed by atoms with Gasteiger partial charge in [-0.3, -0.25) is 14.5 Å². The van der Waals surface area contributed by atoms with Gasteiger partial charge in [-0.15, -0.1) is 0 Å². The van der Waals surface area contributed by atoms with Gasteiger partial charge in [0.05, 0.1) is 5.92 Å². The second kappa shape index (κ2) is 9.94. The van der Waals surface area contributed by atoms with E-state index in [9.17, 15) is 18.4 Å². The molecule has 2 aliphatic heterocycles. The summed E-state index contributed by atoms with van der Waals surface area (Å²) in [4.78, 5) is 31.0. The molecule has 2 aliphatic carbocycles. The van der Waals surface area contributed by atoms with Crippen molar-refractivity contribution in [1.29, 1.82) is 0 Å². The Hall–Kier alpha value is -2.02. The van der Waals surface area contributed by atoms with Crippen molar-refractivity contribution in [2.24, 2.45) is 29.1 Å². The first-order valence-electron chi connectivity index (χ1n) is 14.2. The molecule has 2 saturated carbocycles. The Kier molecular flexibility index (Phi) is 7.14. The van der Waals surface area contributed by atoms with Crippen LogP contribution in [0.25, 0.3) is 0 Å². The van der Waals surface area contributed by atoms with Crippen LogP contribution in [0.4, 0.5) is 8.78 Å². The number of nitrogens with one attached hydrogen (secondary N) is 1. The fraction of sp³-hybridized carbons (Fsp3) is 0.733. The number of hydrogen-bond acceptors (Lipinski definition) is 3. The molecule has 2 unspecified atom stereocenters. The normalized spacial score (nSPS) is 31.9. The lowest BCUT2D eigenvalue weighted by Crippen LogP contribution is -2.48. The molecule has 2 heterocycles. The van der Waals surface area contributed by atoms with E-state index in [-0.39, 0.29) is 40.5 Å². The maximum atomic E-state index is 14.9. The van der Waals surface area contributed by atoms with Crippen molar-refractivity contribution < 1.29 is 18.4 Å². The van der Waals surface area contributed by atoms with Crippen LogP contribution in [-0.4, -0.2) is 60.4 Å². The molecule has 1 N–H and O–H groups in total. The smallest absolute Gasteiger partial charge is 0.227 e. The van der Waals surface area contributed by atoms with E-state index in [1.165, 1.54) is 31.4 Å². The zero-order chi connectivity index (χ0) is 26.5. The molecule has 1 spiro atoms. The van der Waals surface area contributed by atoms with Crippen molar-refractivity contribution in [2.75, 3.05) is 33.2 Å². The first-order valence-corrected chi connectivity index (χ1v) is 14.2. The molecule has 2 amide bonds. The van der Waals surface area contributed by atoms with Crippen LogP contribution in [0.15, 0.2) is 18.2 Å². The predicted octanol–water partition coefficient (Wildman–Crippen LogP) is 4.96. The van der Waals surface area contributed by atoms with E-state index in [1.54, 1.807) is 7.05 Å². The minimum absolute atomic E-state index is 0.0939. The van der Waals surface area contributed by atoms with E-state index in [1.807, 2.05) is 4.90 Å². The van der Waals surface area contributed by atoms with E-state index >= 15 is 0 Å². The number of carbonyl (C=O) groups is 2. The molecule has 7 heteroatoms. The molecule has 0 radical (unpaired) electrons. The summed E-state index contributed by atoms with van der Waals surface area (Å²) in [5.74, 6) is -0.386. The minimum atomic E-state index is -0.594. The molecule has 2 saturated heterocycles. The third-order valence-corrected chi connectivity index (χ3v) is 10.4. The predicted molar refractivity (Wildman–Crippen MR) is 140 cm³/mol. The van der Waals surface area contributed by atoms with Gasteiger partial charge in [-0.1, -0.05) is 18.9 Å². The van der Waals surface area contributed by atoms with Gasteiger partial charge in [-0.2, -0.15) is 0 Å². The van der Waals surface area contributed by atoms with Crippen LogP contribution in [0.3, 0.4) is 0 Å². The van der Waals surface area contributed by atoms with Gasteiger partial charge >= 0.3 is 0 Å². The summed E-state index contributed by atoms with van der Waals surface area (Å²) < 4.78 is 28.5. The lowest BCUT2D eigenvalue weighted by atomic mass is 9.65. The lowest BCUT2D eigenvalue weighted by Gasteiger charge is -2.46. The molecule has 5 rings (SSSR count). The van der Waals surface area contributed by atoms with Gasteiger partial charge in [-0.25, -0.2) is 8.78 Å². The third kappa shape index (κ3) is 4.81. The summed E-state index contributed by atoms with van der Waals surface area (Å²) in [6.07, 6.45) is 7.61. The van der Waals surface area contributed by atoms with E-state index in [0.717, 1.165) is 31.7 Å². The molecule has 4 aliphatic rings. The van der Waals surface area contributed by atoms with Crippen molar-refractivity contribution in [3.8, 4) is 0 Å². The second-order valence-electron chi connectivity index (χ2n) is 13.1. The fourth-order valence-corrected chi connectivity index (χ4v) is 8.32. The van der Waals surface area contributed by atoms with E-state index in [0.29, 0.717) is 43.6 Å². The second-order valence-corrected chi connectivity index (χ2v) is 13.1. The van der Waals surface area contributed by atoms with Crippen LogP contribution in [0, 0.1) is 40.7 Å². The van der Waals surface area contributed by atoms with Crippen LogP contribution in [-0.2, 0) is 9.59 Å². The maximum absolute atomic E-state index is 14.9. The number of benzene rings is 1. The molecule has 1 aromatic carbocycles. The summed E-state index contributed by atoms with van der Waals surface area (Å²) in [5.41, 5.74) is 0.438. The zero-order valence-electron chi connectivity index (χ0n) is 22.9. The van der Waals surface area contributed by atoms with Gasteiger partial charge in [0.25, 0.3) is 0 Å². The molecule has 204 valence electrons. The van der Waals surface area contributed by atoms with E-state index < -0.39 is 11.6 Å².